The number of nitrogens with zero attached hydrogens (tertiary/aromatic N) is 3. The maximum Gasteiger partial charge on any atom is 0.156 e. The standard InChI is InChI=1S/C10H9ClN4OS/c1-6-14-9(11)8(4-16)10(15-6)13-3-7-2-12-5-17-7/h2,4-5H,3H2,1H3,(H,13,14,15). The Morgan fingerprint density at radius 2 is 2.35 bits per heavy atom. The van der Waals surface area contributed by atoms with Crippen LogP contribution in [-0.2, 0) is 6.54 Å². The van der Waals surface area contributed by atoms with Gasteiger partial charge in [0.25, 0.3) is 0 Å². The molecule has 0 aliphatic heterocycles. The minimum atomic E-state index is 0.166. The fourth-order valence-electron chi connectivity index (χ4n) is 1.29. The lowest BCUT2D eigenvalue weighted by atomic mass is 10.3. The van der Waals surface area contributed by atoms with E-state index in [0.717, 1.165) is 4.88 Å². The molecular weight excluding hydrogens is 260 g/mol. The zero-order chi connectivity index (χ0) is 12.3. The van der Waals surface area contributed by atoms with Crippen LogP contribution < -0.4 is 5.32 Å². The third-order valence-electron chi connectivity index (χ3n) is 2.04. The molecule has 5 nitrogen and oxygen atoms in total. The van der Waals surface area contributed by atoms with Gasteiger partial charge in [-0.25, -0.2) is 9.97 Å². The molecule has 0 atom stereocenters. The van der Waals surface area contributed by atoms with Gasteiger partial charge in [0.1, 0.15) is 16.8 Å². The second-order valence-electron chi connectivity index (χ2n) is 3.26. The predicted octanol–water partition coefficient (Wildman–Crippen LogP) is 2.32. The van der Waals surface area contributed by atoms with E-state index in [2.05, 4.69) is 20.3 Å². The summed E-state index contributed by atoms with van der Waals surface area (Å²) in [6.45, 7) is 2.27. The Balaban J connectivity index is 2.22. The summed E-state index contributed by atoms with van der Waals surface area (Å²) in [4.78, 5) is 24.0. The molecule has 0 unspecified atom stereocenters. The van der Waals surface area contributed by atoms with E-state index in [1.54, 1.807) is 18.6 Å². The molecule has 1 N–H and O–H groups in total. The quantitative estimate of drug-likeness (QED) is 0.681. The number of aromatic nitrogens is 3. The SMILES string of the molecule is Cc1nc(Cl)c(C=O)c(NCc2cncs2)n1. The first kappa shape index (κ1) is 11.9. The molecule has 0 fully saturated rings. The number of aldehydes is 1. The number of hydrogen-bond donors (Lipinski definition) is 1. The normalized spacial score (nSPS) is 10.2. The lowest BCUT2D eigenvalue weighted by molar-refractivity contribution is 0.112. The van der Waals surface area contributed by atoms with Gasteiger partial charge in [-0.2, -0.15) is 0 Å². The summed E-state index contributed by atoms with van der Waals surface area (Å²) in [7, 11) is 0. The summed E-state index contributed by atoms with van der Waals surface area (Å²) < 4.78 is 0. The molecule has 7 heteroatoms. The van der Waals surface area contributed by atoms with E-state index in [-0.39, 0.29) is 10.7 Å². The highest BCUT2D eigenvalue weighted by Gasteiger charge is 2.10. The Hall–Kier alpha value is -1.53. The number of carbonyl (C=O) groups excluding carboxylic acids is 1. The van der Waals surface area contributed by atoms with Crippen molar-refractivity contribution in [1.29, 1.82) is 0 Å². The van der Waals surface area contributed by atoms with E-state index in [1.165, 1.54) is 11.3 Å². The first-order valence-corrected chi connectivity index (χ1v) is 6.07. The summed E-state index contributed by atoms with van der Waals surface area (Å²) in [5.41, 5.74) is 2.03. The van der Waals surface area contributed by atoms with Crippen LogP contribution in [0.2, 0.25) is 5.15 Å². The second-order valence-corrected chi connectivity index (χ2v) is 4.59. The Kier molecular flexibility index (Phi) is 3.65. The van der Waals surface area contributed by atoms with Gasteiger partial charge in [-0.05, 0) is 6.92 Å². The van der Waals surface area contributed by atoms with Gasteiger partial charge < -0.3 is 5.32 Å². The molecule has 0 saturated heterocycles. The van der Waals surface area contributed by atoms with Crippen LogP contribution in [0, 0.1) is 6.92 Å². The van der Waals surface area contributed by atoms with E-state index in [1.807, 2.05) is 0 Å². The van der Waals surface area contributed by atoms with Crippen LogP contribution in [0.1, 0.15) is 21.1 Å². The van der Waals surface area contributed by atoms with Crippen molar-refractivity contribution < 1.29 is 4.79 Å². The molecule has 0 radical (unpaired) electrons. The van der Waals surface area contributed by atoms with Crippen molar-refractivity contribution in [3.05, 3.63) is 33.1 Å². The minimum Gasteiger partial charge on any atom is -0.364 e. The molecule has 0 aromatic carbocycles. The lowest BCUT2D eigenvalue weighted by Gasteiger charge is -2.08. The zero-order valence-corrected chi connectivity index (χ0v) is 10.5. The van der Waals surface area contributed by atoms with E-state index < -0.39 is 0 Å². The smallest absolute Gasteiger partial charge is 0.156 e. The average Bonchev–Trinajstić information content (AvgIpc) is 2.78. The van der Waals surface area contributed by atoms with Crippen LogP contribution in [0.4, 0.5) is 5.82 Å². The van der Waals surface area contributed by atoms with Crippen molar-refractivity contribution in [1.82, 2.24) is 15.0 Å². The molecule has 0 amide bonds. The van der Waals surface area contributed by atoms with Gasteiger partial charge in [0.2, 0.25) is 0 Å². The van der Waals surface area contributed by atoms with Crippen LogP contribution in [0.5, 0.6) is 0 Å². The van der Waals surface area contributed by atoms with E-state index >= 15 is 0 Å². The molecule has 0 saturated carbocycles. The van der Waals surface area contributed by atoms with Crippen LogP contribution in [0.3, 0.4) is 0 Å². The molecule has 0 aliphatic carbocycles. The predicted molar refractivity (Wildman–Crippen MR) is 66.6 cm³/mol. The minimum absolute atomic E-state index is 0.166. The first-order valence-electron chi connectivity index (χ1n) is 4.81. The van der Waals surface area contributed by atoms with Crippen molar-refractivity contribution in [2.75, 3.05) is 5.32 Å². The van der Waals surface area contributed by atoms with Crippen molar-refractivity contribution in [3.8, 4) is 0 Å². The number of anilines is 1. The molecule has 88 valence electrons. The lowest BCUT2D eigenvalue weighted by Crippen LogP contribution is -2.06. The van der Waals surface area contributed by atoms with Gasteiger partial charge >= 0.3 is 0 Å². The van der Waals surface area contributed by atoms with Crippen LogP contribution >= 0.6 is 22.9 Å². The summed E-state index contributed by atoms with van der Waals surface area (Å²) in [5, 5.41) is 3.22. The summed E-state index contributed by atoms with van der Waals surface area (Å²) in [6, 6.07) is 0. The highest BCUT2D eigenvalue weighted by Crippen LogP contribution is 2.20. The number of hydrogen-bond acceptors (Lipinski definition) is 6. The van der Waals surface area contributed by atoms with Crippen molar-refractivity contribution >= 4 is 35.0 Å². The van der Waals surface area contributed by atoms with E-state index in [9.17, 15) is 4.79 Å². The number of thiazole rings is 1. The molecule has 0 spiro atoms. The number of aryl methyl sites for hydroxylation is 1. The van der Waals surface area contributed by atoms with Crippen molar-refractivity contribution in [2.24, 2.45) is 0 Å². The maximum absolute atomic E-state index is 10.9. The fourth-order valence-corrected chi connectivity index (χ4v) is 2.08. The highest BCUT2D eigenvalue weighted by molar-refractivity contribution is 7.09. The maximum atomic E-state index is 10.9. The summed E-state index contributed by atoms with van der Waals surface area (Å²) in [6.07, 6.45) is 2.41. The molecule has 2 aromatic heterocycles. The Bertz CT molecular complexity index is 529. The summed E-state index contributed by atoms with van der Waals surface area (Å²) in [5.74, 6) is 0.971. The van der Waals surface area contributed by atoms with Gasteiger partial charge in [0, 0.05) is 11.1 Å². The zero-order valence-electron chi connectivity index (χ0n) is 8.98. The third-order valence-corrected chi connectivity index (χ3v) is 3.11. The van der Waals surface area contributed by atoms with Gasteiger partial charge in [-0.3, -0.25) is 9.78 Å². The molecule has 2 rings (SSSR count). The Morgan fingerprint density at radius 1 is 1.53 bits per heavy atom. The average molecular weight is 269 g/mol. The largest absolute Gasteiger partial charge is 0.364 e. The first-order chi connectivity index (χ1) is 8.20. The van der Waals surface area contributed by atoms with Crippen LogP contribution in [-0.4, -0.2) is 21.2 Å². The molecule has 17 heavy (non-hydrogen) atoms. The molecule has 2 heterocycles. The molecule has 2 aromatic rings. The summed E-state index contributed by atoms with van der Waals surface area (Å²) >= 11 is 7.39. The number of carbonyl (C=O) groups is 1. The number of nitrogens with one attached hydrogen (secondary N) is 1. The monoisotopic (exact) mass is 268 g/mol. The molecule has 0 aliphatic rings. The topological polar surface area (TPSA) is 67.8 Å². The molecule has 0 bridgehead atoms. The van der Waals surface area contributed by atoms with E-state index in [0.29, 0.717) is 24.5 Å². The van der Waals surface area contributed by atoms with Crippen molar-refractivity contribution in [3.63, 3.8) is 0 Å². The highest BCUT2D eigenvalue weighted by atomic mass is 35.5. The van der Waals surface area contributed by atoms with Crippen molar-refractivity contribution in [2.45, 2.75) is 13.5 Å². The van der Waals surface area contributed by atoms with Gasteiger partial charge in [-0.1, -0.05) is 11.6 Å². The Labute approximate surface area is 107 Å². The van der Waals surface area contributed by atoms with Crippen LogP contribution in [0.25, 0.3) is 0 Å². The molecular formula is C10H9ClN4OS. The second kappa shape index (κ2) is 5.20. The van der Waals surface area contributed by atoms with Gasteiger partial charge in [0.05, 0.1) is 17.6 Å². The third kappa shape index (κ3) is 2.78. The van der Waals surface area contributed by atoms with Crippen LogP contribution in [0.15, 0.2) is 11.7 Å². The number of rotatable bonds is 4. The van der Waals surface area contributed by atoms with Gasteiger partial charge in [0.15, 0.2) is 6.29 Å². The van der Waals surface area contributed by atoms with Gasteiger partial charge in [-0.15, -0.1) is 11.3 Å². The van der Waals surface area contributed by atoms with E-state index in [4.69, 9.17) is 11.6 Å². The number of halogens is 1. The fraction of sp³-hybridized carbons (Fsp3) is 0.200. The Morgan fingerprint density at radius 3 is 3.00 bits per heavy atom.